The quantitative estimate of drug-likeness (QED) is 0.780. The number of anilines is 1. The first-order valence-corrected chi connectivity index (χ1v) is 7.89. The molecule has 0 bridgehead atoms. The molecule has 0 saturated carbocycles. The minimum Gasteiger partial charge on any atom is -0.389 e. The first-order valence-electron chi connectivity index (χ1n) is 5.40. The van der Waals surface area contributed by atoms with Gasteiger partial charge >= 0.3 is 0 Å². The molecule has 0 aliphatic heterocycles. The van der Waals surface area contributed by atoms with Crippen LogP contribution in [0.25, 0.3) is 0 Å². The van der Waals surface area contributed by atoms with Crippen molar-refractivity contribution in [2.24, 2.45) is 5.73 Å². The summed E-state index contributed by atoms with van der Waals surface area (Å²) in [5.74, 6) is 0. The van der Waals surface area contributed by atoms with E-state index in [9.17, 15) is 0 Å². The second-order valence-electron chi connectivity index (χ2n) is 3.82. The van der Waals surface area contributed by atoms with Gasteiger partial charge in [-0.2, -0.15) is 11.8 Å². The molecule has 94 valence electrons. The number of benzene rings is 1. The maximum absolute atomic E-state index is 5.71. The van der Waals surface area contributed by atoms with E-state index in [1.54, 1.807) is 0 Å². The topological polar surface area (TPSA) is 38.0 Å². The highest BCUT2D eigenvalue weighted by Gasteiger charge is 2.06. The van der Waals surface area contributed by atoms with Gasteiger partial charge in [-0.25, -0.2) is 0 Å². The molecule has 17 heavy (non-hydrogen) atoms. The molecule has 5 heteroatoms. The third-order valence-electron chi connectivity index (χ3n) is 2.52. The third kappa shape index (κ3) is 4.85. The first-order chi connectivity index (χ1) is 8.04. The highest BCUT2D eigenvalue weighted by Crippen LogP contribution is 2.21. The molecule has 1 aromatic rings. The Morgan fingerprint density at radius 3 is 2.88 bits per heavy atom. The van der Waals surface area contributed by atoms with E-state index in [1.165, 1.54) is 0 Å². The minimum absolute atomic E-state index is 0.423. The van der Waals surface area contributed by atoms with Gasteiger partial charge in [0.1, 0.15) is 4.99 Å². The lowest BCUT2D eigenvalue weighted by Crippen LogP contribution is -2.15. The van der Waals surface area contributed by atoms with E-state index < -0.39 is 0 Å². The summed E-state index contributed by atoms with van der Waals surface area (Å²) in [5.41, 5.74) is 7.61. The lowest BCUT2D eigenvalue weighted by atomic mass is 10.1. The van der Waals surface area contributed by atoms with Crippen LogP contribution < -0.4 is 11.1 Å². The normalized spacial score (nSPS) is 12.2. The zero-order chi connectivity index (χ0) is 12.8. The number of hydrogen-bond acceptors (Lipinski definition) is 3. The van der Waals surface area contributed by atoms with Crippen molar-refractivity contribution in [1.82, 2.24) is 0 Å². The van der Waals surface area contributed by atoms with Gasteiger partial charge in [0.05, 0.1) is 0 Å². The number of halogens is 1. The van der Waals surface area contributed by atoms with E-state index in [0.29, 0.717) is 10.2 Å². The summed E-state index contributed by atoms with van der Waals surface area (Å²) >= 11 is 10.3. The average Bonchev–Trinajstić information content (AvgIpc) is 2.30. The van der Waals surface area contributed by atoms with Crippen LogP contribution in [0.2, 0.25) is 0 Å². The Kier molecular flexibility index (Phi) is 6.30. The van der Waals surface area contributed by atoms with E-state index in [1.807, 2.05) is 30.0 Å². The zero-order valence-corrected chi connectivity index (χ0v) is 13.2. The van der Waals surface area contributed by atoms with Gasteiger partial charge in [-0.3, -0.25) is 0 Å². The summed E-state index contributed by atoms with van der Waals surface area (Å²) in [6.07, 6.45) is 3.25. The fourth-order valence-corrected chi connectivity index (χ4v) is 2.29. The van der Waals surface area contributed by atoms with Crippen LogP contribution in [0.3, 0.4) is 0 Å². The zero-order valence-electron chi connectivity index (χ0n) is 10.00. The molecule has 0 fully saturated rings. The number of nitrogens with two attached hydrogens (primary N) is 1. The largest absolute Gasteiger partial charge is 0.389 e. The van der Waals surface area contributed by atoms with Gasteiger partial charge < -0.3 is 11.1 Å². The van der Waals surface area contributed by atoms with Crippen molar-refractivity contribution in [3.63, 3.8) is 0 Å². The third-order valence-corrected chi connectivity index (χ3v) is 4.27. The predicted molar refractivity (Wildman–Crippen MR) is 86.1 cm³/mol. The minimum atomic E-state index is 0.423. The van der Waals surface area contributed by atoms with Gasteiger partial charge in [0.2, 0.25) is 0 Å². The van der Waals surface area contributed by atoms with Crippen molar-refractivity contribution < 1.29 is 0 Å². The molecule has 1 rings (SSSR count). The molecule has 1 unspecified atom stereocenters. The van der Waals surface area contributed by atoms with Crippen molar-refractivity contribution in [2.75, 3.05) is 18.1 Å². The molecular weight excluding hydrogens is 316 g/mol. The molecule has 0 aliphatic rings. The summed E-state index contributed by atoms with van der Waals surface area (Å²) < 4.78 is 0.989. The van der Waals surface area contributed by atoms with Crippen LogP contribution in [0.5, 0.6) is 0 Å². The van der Waals surface area contributed by atoms with Gasteiger partial charge in [-0.1, -0.05) is 35.1 Å². The number of thioether (sulfide) groups is 1. The average molecular weight is 333 g/mol. The Morgan fingerprint density at radius 2 is 2.29 bits per heavy atom. The Balaban J connectivity index is 2.67. The maximum Gasteiger partial charge on any atom is 0.106 e. The number of rotatable bonds is 6. The van der Waals surface area contributed by atoms with E-state index in [-0.39, 0.29) is 0 Å². The summed E-state index contributed by atoms with van der Waals surface area (Å²) in [5, 5.41) is 4.04. The molecule has 0 heterocycles. The number of thiocarbonyl (C=S) groups is 1. The van der Waals surface area contributed by atoms with Crippen LogP contribution in [-0.4, -0.2) is 23.0 Å². The molecule has 2 nitrogen and oxygen atoms in total. The number of nitrogens with one attached hydrogen (secondary N) is 1. The van der Waals surface area contributed by atoms with Crippen LogP contribution in [0.4, 0.5) is 5.69 Å². The van der Waals surface area contributed by atoms with Crippen LogP contribution in [0.1, 0.15) is 18.9 Å². The van der Waals surface area contributed by atoms with Crippen LogP contribution in [-0.2, 0) is 0 Å². The van der Waals surface area contributed by atoms with Crippen molar-refractivity contribution in [1.29, 1.82) is 0 Å². The van der Waals surface area contributed by atoms with E-state index in [0.717, 1.165) is 28.7 Å². The summed E-state index contributed by atoms with van der Waals surface area (Å²) in [6, 6.07) is 5.94. The van der Waals surface area contributed by atoms with Crippen molar-refractivity contribution in [3.8, 4) is 0 Å². The van der Waals surface area contributed by atoms with Gasteiger partial charge in [-0.05, 0) is 30.9 Å². The highest BCUT2D eigenvalue weighted by atomic mass is 79.9. The van der Waals surface area contributed by atoms with E-state index >= 15 is 0 Å². The lowest BCUT2D eigenvalue weighted by molar-refractivity contribution is 0.853. The summed E-state index contributed by atoms with van der Waals surface area (Å²) in [4.78, 5) is 0.423. The smallest absolute Gasteiger partial charge is 0.106 e. The van der Waals surface area contributed by atoms with Crippen molar-refractivity contribution in [2.45, 2.75) is 18.6 Å². The van der Waals surface area contributed by atoms with E-state index in [2.05, 4.69) is 34.4 Å². The molecule has 0 aromatic heterocycles. The highest BCUT2D eigenvalue weighted by molar-refractivity contribution is 9.10. The van der Waals surface area contributed by atoms with Gasteiger partial charge in [0.15, 0.2) is 0 Å². The van der Waals surface area contributed by atoms with Crippen LogP contribution in [0, 0.1) is 0 Å². The fraction of sp³-hybridized carbons (Fsp3) is 0.417. The second kappa shape index (κ2) is 7.24. The molecule has 0 aliphatic carbocycles. The van der Waals surface area contributed by atoms with Gasteiger partial charge in [0.25, 0.3) is 0 Å². The van der Waals surface area contributed by atoms with Crippen LogP contribution >= 0.6 is 39.9 Å². The Morgan fingerprint density at radius 1 is 1.59 bits per heavy atom. The van der Waals surface area contributed by atoms with Gasteiger partial charge in [-0.15, -0.1) is 0 Å². The summed E-state index contributed by atoms with van der Waals surface area (Å²) in [7, 11) is 0. The maximum atomic E-state index is 5.71. The molecule has 0 spiro atoms. The molecule has 1 atom stereocenters. The lowest BCUT2D eigenvalue weighted by Gasteiger charge is -2.13. The van der Waals surface area contributed by atoms with Crippen molar-refractivity contribution in [3.05, 3.63) is 28.2 Å². The molecule has 0 saturated heterocycles. The monoisotopic (exact) mass is 332 g/mol. The first kappa shape index (κ1) is 14.8. The Bertz CT molecular complexity index is 396. The van der Waals surface area contributed by atoms with Crippen LogP contribution in [0.15, 0.2) is 22.7 Å². The molecular formula is C12H17BrN2S2. The molecule has 0 radical (unpaired) electrons. The summed E-state index contributed by atoms with van der Waals surface area (Å²) in [6.45, 7) is 3.15. The Labute approximate surface area is 121 Å². The molecule has 0 amide bonds. The van der Waals surface area contributed by atoms with E-state index in [4.69, 9.17) is 18.0 Å². The predicted octanol–water partition coefficient (Wildman–Crippen LogP) is 3.64. The second-order valence-corrected chi connectivity index (χ2v) is 6.45. The van der Waals surface area contributed by atoms with Crippen molar-refractivity contribution >= 4 is 50.6 Å². The fourth-order valence-electron chi connectivity index (χ4n) is 1.40. The number of hydrogen-bond donors (Lipinski definition) is 2. The Hall–Kier alpha value is -0.260. The standard InChI is InChI=1S/C12H17BrN2S2/c1-8(17-2)5-6-15-11-4-3-9(13)7-10(11)12(14)16/h3-4,7-8,15H,5-6H2,1-2H3,(H2,14,16). The molecule has 3 N–H and O–H groups in total. The molecule has 1 aromatic carbocycles. The SMILES string of the molecule is CSC(C)CCNc1ccc(Br)cc1C(N)=S. The van der Waals surface area contributed by atoms with Gasteiger partial charge in [0, 0.05) is 27.5 Å².